The van der Waals surface area contributed by atoms with Crippen molar-refractivity contribution in [3.63, 3.8) is 0 Å². The molecule has 2 nitrogen and oxygen atoms in total. The van der Waals surface area contributed by atoms with E-state index in [0.717, 1.165) is 26.1 Å². The summed E-state index contributed by atoms with van der Waals surface area (Å²) in [5.74, 6) is 0.630. The van der Waals surface area contributed by atoms with Gasteiger partial charge in [0.1, 0.15) is 0 Å². The lowest BCUT2D eigenvalue weighted by molar-refractivity contribution is 0.152. The Labute approximate surface area is 117 Å². The zero-order chi connectivity index (χ0) is 13.7. The Kier molecular flexibility index (Phi) is 5.00. The van der Waals surface area contributed by atoms with Gasteiger partial charge in [-0.2, -0.15) is 0 Å². The first-order valence-electron chi connectivity index (χ1n) is 7.59. The molecular formula is C17H27NO. The smallest absolute Gasteiger partial charge is 0.0510 e. The monoisotopic (exact) mass is 261 g/mol. The summed E-state index contributed by atoms with van der Waals surface area (Å²) in [4.78, 5) is 0. The van der Waals surface area contributed by atoms with Gasteiger partial charge in [0.05, 0.1) is 6.61 Å². The highest BCUT2D eigenvalue weighted by atomic mass is 16.5. The summed E-state index contributed by atoms with van der Waals surface area (Å²) in [6, 6.07) is 11.5. The zero-order valence-electron chi connectivity index (χ0n) is 12.5. The Balaban J connectivity index is 2.36. The maximum Gasteiger partial charge on any atom is 0.0510 e. The van der Waals surface area contributed by atoms with Crippen LogP contribution in [0.15, 0.2) is 30.3 Å². The summed E-state index contributed by atoms with van der Waals surface area (Å²) in [5, 5.41) is 3.61. The molecule has 1 N–H and O–H groups in total. The minimum Gasteiger partial charge on any atom is -0.381 e. The van der Waals surface area contributed by atoms with E-state index in [1.54, 1.807) is 0 Å². The predicted molar refractivity (Wildman–Crippen MR) is 80.5 cm³/mol. The van der Waals surface area contributed by atoms with Crippen LogP contribution in [0.1, 0.15) is 38.7 Å². The van der Waals surface area contributed by atoms with Crippen LogP contribution in [0.5, 0.6) is 0 Å². The molecule has 0 aliphatic carbocycles. The molecule has 1 aromatic carbocycles. The van der Waals surface area contributed by atoms with Crippen molar-refractivity contribution in [2.24, 2.45) is 5.92 Å². The molecule has 0 bridgehead atoms. The van der Waals surface area contributed by atoms with E-state index >= 15 is 0 Å². The number of nitrogens with one attached hydrogen (secondary N) is 1. The van der Waals surface area contributed by atoms with Gasteiger partial charge in [0.2, 0.25) is 0 Å². The third-order valence-corrected chi connectivity index (χ3v) is 4.95. The molecule has 2 atom stereocenters. The SMILES string of the molecule is CCC(CC)(c1ccccc1)C(NC)C1CCOC1. The second kappa shape index (κ2) is 6.53. The topological polar surface area (TPSA) is 21.3 Å². The fraction of sp³-hybridized carbons (Fsp3) is 0.647. The number of likely N-dealkylation sites (N-methyl/N-ethyl adjacent to an activating group) is 1. The Morgan fingerprint density at radius 1 is 1.26 bits per heavy atom. The molecule has 1 aromatic rings. The molecule has 106 valence electrons. The molecule has 0 aromatic heterocycles. The molecule has 0 saturated carbocycles. The van der Waals surface area contributed by atoms with Gasteiger partial charge in [-0.15, -0.1) is 0 Å². The minimum absolute atomic E-state index is 0.217. The van der Waals surface area contributed by atoms with Gasteiger partial charge in [-0.05, 0) is 31.9 Å². The van der Waals surface area contributed by atoms with Crippen LogP contribution < -0.4 is 5.32 Å². The van der Waals surface area contributed by atoms with Gasteiger partial charge in [-0.1, -0.05) is 44.2 Å². The van der Waals surface area contributed by atoms with Crippen LogP contribution in [0, 0.1) is 5.92 Å². The van der Waals surface area contributed by atoms with Crippen LogP contribution in [-0.4, -0.2) is 26.3 Å². The Morgan fingerprint density at radius 2 is 1.95 bits per heavy atom. The average Bonchev–Trinajstić information content (AvgIpc) is 2.99. The maximum absolute atomic E-state index is 5.62. The first kappa shape index (κ1) is 14.5. The van der Waals surface area contributed by atoms with E-state index in [9.17, 15) is 0 Å². The Bertz CT molecular complexity index is 366. The second-order valence-electron chi connectivity index (χ2n) is 5.62. The summed E-state index contributed by atoms with van der Waals surface area (Å²) in [6.07, 6.45) is 3.51. The van der Waals surface area contributed by atoms with Crippen molar-refractivity contribution >= 4 is 0 Å². The van der Waals surface area contributed by atoms with Crippen molar-refractivity contribution in [2.45, 2.75) is 44.6 Å². The largest absolute Gasteiger partial charge is 0.381 e. The Morgan fingerprint density at radius 3 is 2.42 bits per heavy atom. The number of hydrogen-bond donors (Lipinski definition) is 1. The van der Waals surface area contributed by atoms with Crippen LogP contribution in [0.4, 0.5) is 0 Å². The summed E-state index contributed by atoms with van der Waals surface area (Å²) in [5.41, 5.74) is 1.68. The number of ether oxygens (including phenoxy) is 1. The molecule has 2 rings (SSSR count). The van der Waals surface area contributed by atoms with Gasteiger partial charge < -0.3 is 10.1 Å². The number of hydrogen-bond acceptors (Lipinski definition) is 2. The van der Waals surface area contributed by atoms with Crippen molar-refractivity contribution in [3.05, 3.63) is 35.9 Å². The lowest BCUT2D eigenvalue weighted by Crippen LogP contribution is -2.51. The third-order valence-electron chi connectivity index (χ3n) is 4.95. The van der Waals surface area contributed by atoms with Crippen molar-refractivity contribution in [1.82, 2.24) is 5.32 Å². The van der Waals surface area contributed by atoms with E-state index in [1.165, 1.54) is 12.0 Å². The predicted octanol–water partition coefficient (Wildman–Crippen LogP) is 3.37. The van der Waals surface area contributed by atoms with Gasteiger partial charge in [-0.3, -0.25) is 0 Å². The van der Waals surface area contributed by atoms with Crippen LogP contribution in [-0.2, 0) is 10.2 Å². The lowest BCUT2D eigenvalue weighted by Gasteiger charge is -2.43. The van der Waals surface area contributed by atoms with Crippen LogP contribution in [0.25, 0.3) is 0 Å². The standard InChI is InChI=1S/C17H27NO/c1-4-17(5-2,15-9-7-6-8-10-15)16(18-3)14-11-12-19-13-14/h6-10,14,16,18H,4-5,11-13H2,1-3H3. The van der Waals surface area contributed by atoms with Crippen LogP contribution >= 0.6 is 0 Å². The maximum atomic E-state index is 5.62. The summed E-state index contributed by atoms with van der Waals surface area (Å²) < 4.78 is 5.62. The third kappa shape index (κ3) is 2.70. The second-order valence-corrected chi connectivity index (χ2v) is 5.62. The minimum atomic E-state index is 0.217. The van der Waals surface area contributed by atoms with Gasteiger partial charge in [-0.25, -0.2) is 0 Å². The Hall–Kier alpha value is -0.860. The van der Waals surface area contributed by atoms with E-state index in [2.05, 4.69) is 56.5 Å². The quantitative estimate of drug-likeness (QED) is 0.847. The highest BCUT2D eigenvalue weighted by Crippen LogP contribution is 2.40. The molecule has 1 fully saturated rings. The van der Waals surface area contributed by atoms with Crippen molar-refractivity contribution in [2.75, 3.05) is 20.3 Å². The van der Waals surface area contributed by atoms with E-state index in [-0.39, 0.29) is 5.41 Å². The molecule has 1 aliphatic heterocycles. The zero-order valence-corrected chi connectivity index (χ0v) is 12.5. The van der Waals surface area contributed by atoms with Gasteiger partial charge in [0, 0.05) is 24.0 Å². The first-order chi connectivity index (χ1) is 9.28. The first-order valence-corrected chi connectivity index (χ1v) is 7.59. The number of benzene rings is 1. The fourth-order valence-corrected chi connectivity index (χ4v) is 3.83. The lowest BCUT2D eigenvalue weighted by atomic mass is 9.66. The van der Waals surface area contributed by atoms with Gasteiger partial charge in [0.15, 0.2) is 0 Å². The molecule has 19 heavy (non-hydrogen) atoms. The molecule has 0 amide bonds. The number of rotatable bonds is 6. The van der Waals surface area contributed by atoms with Gasteiger partial charge in [0.25, 0.3) is 0 Å². The molecule has 1 saturated heterocycles. The van der Waals surface area contributed by atoms with E-state index in [0.29, 0.717) is 12.0 Å². The van der Waals surface area contributed by atoms with E-state index in [1.807, 2.05) is 0 Å². The highest BCUT2D eigenvalue weighted by Gasteiger charge is 2.41. The van der Waals surface area contributed by atoms with Crippen LogP contribution in [0.2, 0.25) is 0 Å². The molecule has 1 heterocycles. The fourth-order valence-electron chi connectivity index (χ4n) is 3.83. The molecule has 2 unspecified atom stereocenters. The molecule has 0 spiro atoms. The molecule has 0 radical (unpaired) electrons. The van der Waals surface area contributed by atoms with Crippen molar-refractivity contribution < 1.29 is 4.74 Å². The summed E-state index contributed by atoms with van der Waals surface area (Å²) >= 11 is 0. The van der Waals surface area contributed by atoms with Crippen molar-refractivity contribution in [1.29, 1.82) is 0 Å². The molecule has 1 aliphatic rings. The van der Waals surface area contributed by atoms with Gasteiger partial charge >= 0.3 is 0 Å². The normalized spacial score (nSPS) is 21.5. The molecule has 2 heteroatoms. The summed E-state index contributed by atoms with van der Waals surface area (Å²) in [7, 11) is 2.10. The average molecular weight is 261 g/mol. The van der Waals surface area contributed by atoms with E-state index < -0.39 is 0 Å². The summed E-state index contributed by atoms with van der Waals surface area (Å²) in [6.45, 7) is 6.45. The van der Waals surface area contributed by atoms with Crippen molar-refractivity contribution in [3.8, 4) is 0 Å². The van der Waals surface area contributed by atoms with E-state index in [4.69, 9.17) is 4.74 Å². The highest BCUT2D eigenvalue weighted by molar-refractivity contribution is 5.28. The van der Waals surface area contributed by atoms with Crippen LogP contribution in [0.3, 0.4) is 0 Å². The molecular weight excluding hydrogens is 234 g/mol.